The van der Waals surface area contributed by atoms with Crippen LogP contribution in [0.15, 0.2) is 18.2 Å². The molecule has 0 aliphatic carbocycles. The number of carbonyl (C=O) groups excluding carboxylic acids is 1. The van der Waals surface area contributed by atoms with Gasteiger partial charge in [0, 0.05) is 25.1 Å². The molecule has 1 atom stereocenters. The summed E-state index contributed by atoms with van der Waals surface area (Å²) < 4.78 is 6.01. The van der Waals surface area contributed by atoms with E-state index in [4.69, 9.17) is 4.74 Å². The number of hydrogen-bond acceptors (Lipinski definition) is 4. The summed E-state index contributed by atoms with van der Waals surface area (Å²) in [4.78, 5) is 14.5. The second-order valence-corrected chi connectivity index (χ2v) is 5.55. The molecule has 0 radical (unpaired) electrons. The molecule has 116 valence electrons. The van der Waals surface area contributed by atoms with Crippen molar-refractivity contribution in [3.8, 4) is 5.75 Å². The molecule has 21 heavy (non-hydrogen) atoms. The second-order valence-electron chi connectivity index (χ2n) is 5.55. The number of hydrogen-bond donors (Lipinski definition) is 1. The minimum atomic E-state index is 0.182. The van der Waals surface area contributed by atoms with E-state index in [1.807, 2.05) is 25.2 Å². The van der Waals surface area contributed by atoms with Crippen molar-refractivity contribution in [2.24, 2.45) is 0 Å². The van der Waals surface area contributed by atoms with E-state index in [-0.39, 0.29) is 11.9 Å². The lowest BCUT2D eigenvalue weighted by atomic mass is 10.0. The van der Waals surface area contributed by atoms with Gasteiger partial charge in [0.25, 0.3) is 0 Å². The minimum absolute atomic E-state index is 0.182. The number of ketones is 1. The molecule has 0 aromatic heterocycles. The molecule has 0 spiro atoms. The summed E-state index contributed by atoms with van der Waals surface area (Å²) in [5, 5.41) is 3.02. The molecule has 1 aromatic carbocycles. The van der Waals surface area contributed by atoms with Gasteiger partial charge in [0.2, 0.25) is 0 Å². The number of nitrogens with one attached hydrogen (secondary N) is 1. The first-order chi connectivity index (χ1) is 10.2. The zero-order chi connectivity index (χ0) is 15.2. The molecule has 2 rings (SSSR count). The third-order valence-electron chi connectivity index (χ3n) is 3.89. The SMILES string of the molecule is CCCN1CC(CC)Oc2ccc(C(=O)CCNC)cc21. The second kappa shape index (κ2) is 7.46. The van der Waals surface area contributed by atoms with E-state index in [1.54, 1.807) is 0 Å². The molecule has 0 fully saturated rings. The van der Waals surface area contributed by atoms with Gasteiger partial charge >= 0.3 is 0 Å². The normalized spacial score (nSPS) is 17.3. The predicted octanol–water partition coefficient (Wildman–Crippen LogP) is 2.87. The number of Topliss-reactive ketones (excluding diaryl/α,β-unsaturated/α-hetero) is 1. The number of nitrogens with zero attached hydrogens (tertiary/aromatic N) is 1. The predicted molar refractivity (Wildman–Crippen MR) is 86.5 cm³/mol. The maximum Gasteiger partial charge on any atom is 0.164 e. The molecule has 4 heteroatoms. The molecular weight excluding hydrogens is 264 g/mol. The first-order valence-electron chi connectivity index (χ1n) is 7.93. The zero-order valence-electron chi connectivity index (χ0n) is 13.3. The average molecular weight is 290 g/mol. The molecule has 0 saturated carbocycles. The topological polar surface area (TPSA) is 41.6 Å². The van der Waals surface area contributed by atoms with E-state index in [2.05, 4.69) is 24.1 Å². The summed E-state index contributed by atoms with van der Waals surface area (Å²) >= 11 is 0. The molecule has 1 aliphatic rings. The van der Waals surface area contributed by atoms with Gasteiger partial charge < -0.3 is 15.0 Å². The van der Waals surface area contributed by atoms with Crippen LogP contribution in [0.5, 0.6) is 5.75 Å². The Kier molecular flexibility index (Phi) is 5.62. The van der Waals surface area contributed by atoms with Crippen molar-refractivity contribution in [3.05, 3.63) is 23.8 Å². The summed E-state index contributed by atoms with van der Waals surface area (Å²) in [5.74, 6) is 1.09. The van der Waals surface area contributed by atoms with Crippen LogP contribution in [-0.4, -0.2) is 38.6 Å². The number of rotatable bonds is 7. The van der Waals surface area contributed by atoms with Crippen molar-refractivity contribution in [2.45, 2.75) is 39.2 Å². The van der Waals surface area contributed by atoms with Gasteiger partial charge in [-0.1, -0.05) is 13.8 Å². The van der Waals surface area contributed by atoms with Gasteiger partial charge in [-0.15, -0.1) is 0 Å². The van der Waals surface area contributed by atoms with Gasteiger partial charge in [-0.2, -0.15) is 0 Å². The first kappa shape index (κ1) is 15.8. The molecular formula is C17H26N2O2. The Hall–Kier alpha value is -1.55. The Morgan fingerprint density at radius 3 is 2.90 bits per heavy atom. The van der Waals surface area contributed by atoms with Gasteiger partial charge in [0.15, 0.2) is 5.78 Å². The number of anilines is 1. The lowest BCUT2D eigenvalue weighted by molar-refractivity contribution is 0.0983. The number of fused-ring (bicyclic) bond motifs is 1. The van der Waals surface area contributed by atoms with Crippen molar-refractivity contribution in [1.29, 1.82) is 0 Å². The summed E-state index contributed by atoms with van der Waals surface area (Å²) in [6.45, 7) is 6.95. The third-order valence-corrected chi connectivity index (χ3v) is 3.89. The summed E-state index contributed by atoms with van der Waals surface area (Å²) in [5.41, 5.74) is 1.85. The maximum atomic E-state index is 12.2. The molecule has 0 bridgehead atoms. The number of benzene rings is 1. The van der Waals surface area contributed by atoms with E-state index < -0.39 is 0 Å². The van der Waals surface area contributed by atoms with E-state index in [0.29, 0.717) is 13.0 Å². The van der Waals surface area contributed by atoms with Crippen molar-refractivity contribution >= 4 is 11.5 Å². The Morgan fingerprint density at radius 1 is 1.43 bits per heavy atom. The molecule has 0 saturated heterocycles. The Balaban J connectivity index is 2.24. The highest BCUT2D eigenvalue weighted by molar-refractivity contribution is 5.97. The van der Waals surface area contributed by atoms with Gasteiger partial charge in [0.05, 0.1) is 12.2 Å². The van der Waals surface area contributed by atoms with E-state index in [1.165, 1.54) is 0 Å². The van der Waals surface area contributed by atoms with Gasteiger partial charge in [-0.25, -0.2) is 0 Å². The highest BCUT2D eigenvalue weighted by Crippen LogP contribution is 2.35. The summed E-state index contributed by atoms with van der Waals surface area (Å²) in [7, 11) is 1.86. The smallest absolute Gasteiger partial charge is 0.164 e. The average Bonchev–Trinajstić information content (AvgIpc) is 2.52. The third kappa shape index (κ3) is 3.76. The lowest BCUT2D eigenvalue weighted by Crippen LogP contribution is -2.40. The van der Waals surface area contributed by atoms with Crippen LogP contribution < -0.4 is 15.0 Å². The van der Waals surface area contributed by atoms with Crippen LogP contribution >= 0.6 is 0 Å². The van der Waals surface area contributed by atoms with Crippen LogP contribution in [0.4, 0.5) is 5.69 Å². The Morgan fingerprint density at radius 2 is 2.24 bits per heavy atom. The Labute approximate surface area is 127 Å². The maximum absolute atomic E-state index is 12.2. The molecule has 1 aromatic rings. The fourth-order valence-electron chi connectivity index (χ4n) is 2.68. The van der Waals surface area contributed by atoms with Gasteiger partial charge in [-0.3, -0.25) is 4.79 Å². The van der Waals surface area contributed by atoms with Crippen LogP contribution in [0.1, 0.15) is 43.5 Å². The van der Waals surface area contributed by atoms with Crippen molar-refractivity contribution in [3.63, 3.8) is 0 Å². The van der Waals surface area contributed by atoms with Crippen LogP contribution in [0.3, 0.4) is 0 Å². The number of carbonyl (C=O) groups is 1. The zero-order valence-corrected chi connectivity index (χ0v) is 13.3. The highest BCUT2D eigenvalue weighted by atomic mass is 16.5. The van der Waals surface area contributed by atoms with E-state index in [9.17, 15) is 4.79 Å². The summed E-state index contributed by atoms with van der Waals surface area (Å²) in [6, 6.07) is 5.83. The molecule has 0 amide bonds. The molecule has 4 nitrogen and oxygen atoms in total. The first-order valence-corrected chi connectivity index (χ1v) is 7.93. The van der Waals surface area contributed by atoms with E-state index in [0.717, 1.165) is 42.9 Å². The monoisotopic (exact) mass is 290 g/mol. The van der Waals surface area contributed by atoms with Crippen molar-refractivity contribution in [2.75, 3.05) is 31.6 Å². The van der Waals surface area contributed by atoms with Crippen LogP contribution in [0.25, 0.3) is 0 Å². The van der Waals surface area contributed by atoms with Gasteiger partial charge in [-0.05, 0) is 38.1 Å². The van der Waals surface area contributed by atoms with E-state index >= 15 is 0 Å². The van der Waals surface area contributed by atoms with Crippen molar-refractivity contribution in [1.82, 2.24) is 5.32 Å². The molecule has 1 unspecified atom stereocenters. The molecule has 1 heterocycles. The van der Waals surface area contributed by atoms with Crippen LogP contribution in [-0.2, 0) is 0 Å². The Bertz CT molecular complexity index is 488. The summed E-state index contributed by atoms with van der Waals surface area (Å²) in [6.07, 6.45) is 2.87. The standard InChI is InChI=1S/C17H26N2O2/c1-4-10-19-12-14(5-2)21-17-7-6-13(11-15(17)19)16(20)8-9-18-3/h6-7,11,14,18H,4-5,8-10,12H2,1-3H3. The molecule has 1 N–H and O–H groups in total. The number of ether oxygens (including phenoxy) is 1. The van der Waals surface area contributed by atoms with Gasteiger partial charge in [0.1, 0.15) is 11.9 Å². The fourth-order valence-corrected chi connectivity index (χ4v) is 2.68. The quantitative estimate of drug-likeness (QED) is 0.784. The lowest BCUT2D eigenvalue weighted by Gasteiger charge is -2.36. The van der Waals surface area contributed by atoms with Crippen LogP contribution in [0.2, 0.25) is 0 Å². The molecule has 1 aliphatic heterocycles. The largest absolute Gasteiger partial charge is 0.486 e. The fraction of sp³-hybridized carbons (Fsp3) is 0.588. The minimum Gasteiger partial charge on any atom is -0.486 e. The van der Waals surface area contributed by atoms with Crippen molar-refractivity contribution < 1.29 is 9.53 Å². The highest BCUT2D eigenvalue weighted by Gasteiger charge is 2.25. The van der Waals surface area contributed by atoms with Crippen LogP contribution in [0, 0.1) is 0 Å².